The van der Waals surface area contributed by atoms with Crippen LogP contribution in [0.5, 0.6) is 0 Å². The molecule has 2 heterocycles. The molecule has 0 bridgehead atoms. The van der Waals surface area contributed by atoms with E-state index in [4.69, 9.17) is 4.42 Å². The molecule has 0 aromatic carbocycles. The molecule has 0 spiro atoms. The van der Waals surface area contributed by atoms with Gasteiger partial charge in [0.25, 0.3) is 0 Å². The molecule has 2 atom stereocenters. The predicted molar refractivity (Wildman–Crippen MR) is 42.6 cm³/mol. The molecule has 1 aromatic rings. The van der Waals surface area contributed by atoms with Crippen molar-refractivity contribution in [2.75, 3.05) is 6.54 Å². The Hall–Kier alpha value is -0.870. The Morgan fingerprint density at radius 3 is 3.08 bits per heavy atom. The molecule has 0 radical (unpaired) electrons. The molecule has 4 nitrogen and oxygen atoms in total. The van der Waals surface area contributed by atoms with Crippen LogP contribution in [0.2, 0.25) is 0 Å². The highest BCUT2D eigenvalue weighted by atomic mass is 16.4. The Labute approximate surface area is 70.6 Å². The number of aromatic nitrogens is 1. The van der Waals surface area contributed by atoms with E-state index < -0.39 is 0 Å². The van der Waals surface area contributed by atoms with E-state index in [1.54, 1.807) is 6.20 Å². The quantitative estimate of drug-likeness (QED) is 0.636. The third-order valence-electron chi connectivity index (χ3n) is 2.09. The van der Waals surface area contributed by atoms with Gasteiger partial charge in [-0.2, -0.15) is 0 Å². The average Bonchev–Trinajstić information content (AvgIpc) is 2.58. The van der Waals surface area contributed by atoms with Crippen molar-refractivity contribution in [3.8, 4) is 0 Å². The SMILES string of the molecule is Cc1cnc(C2NCCC2O)o1. The van der Waals surface area contributed by atoms with Crippen LogP contribution < -0.4 is 5.32 Å². The lowest BCUT2D eigenvalue weighted by Gasteiger charge is -2.09. The molecule has 1 aliphatic rings. The summed E-state index contributed by atoms with van der Waals surface area (Å²) in [6, 6.07) is -0.112. The van der Waals surface area contributed by atoms with Gasteiger partial charge >= 0.3 is 0 Å². The number of oxazole rings is 1. The van der Waals surface area contributed by atoms with Crippen LogP contribution in [0.25, 0.3) is 0 Å². The molecule has 2 N–H and O–H groups in total. The number of aliphatic hydroxyl groups excluding tert-OH is 1. The van der Waals surface area contributed by atoms with E-state index in [0.29, 0.717) is 5.89 Å². The highest BCUT2D eigenvalue weighted by Crippen LogP contribution is 2.22. The van der Waals surface area contributed by atoms with E-state index in [0.717, 1.165) is 18.7 Å². The van der Waals surface area contributed by atoms with E-state index in [1.807, 2.05) is 6.92 Å². The average molecular weight is 168 g/mol. The molecule has 2 rings (SSSR count). The van der Waals surface area contributed by atoms with Gasteiger partial charge in [-0.25, -0.2) is 4.98 Å². The maximum absolute atomic E-state index is 9.49. The fourth-order valence-electron chi connectivity index (χ4n) is 1.46. The highest BCUT2D eigenvalue weighted by molar-refractivity contribution is 5.01. The lowest BCUT2D eigenvalue weighted by atomic mass is 10.2. The van der Waals surface area contributed by atoms with Gasteiger partial charge in [-0.15, -0.1) is 0 Å². The Balaban J connectivity index is 2.19. The number of hydrogen-bond donors (Lipinski definition) is 2. The molecule has 0 aliphatic carbocycles. The van der Waals surface area contributed by atoms with Gasteiger partial charge in [-0.3, -0.25) is 0 Å². The van der Waals surface area contributed by atoms with Crippen LogP contribution in [-0.2, 0) is 0 Å². The molecular weight excluding hydrogens is 156 g/mol. The third kappa shape index (κ3) is 1.23. The molecule has 0 amide bonds. The number of aryl methyl sites for hydroxylation is 1. The molecule has 0 saturated carbocycles. The van der Waals surface area contributed by atoms with Crippen molar-refractivity contribution in [1.82, 2.24) is 10.3 Å². The second-order valence-corrected chi connectivity index (χ2v) is 3.10. The summed E-state index contributed by atoms with van der Waals surface area (Å²) in [7, 11) is 0. The fraction of sp³-hybridized carbons (Fsp3) is 0.625. The molecular formula is C8H12N2O2. The number of nitrogens with zero attached hydrogens (tertiary/aromatic N) is 1. The predicted octanol–water partition coefficient (Wildman–Crippen LogP) is 0.378. The van der Waals surface area contributed by atoms with Gasteiger partial charge in [-0.1, -0.05) is 0 Å². The summed E-state index contributed by atoms with van der Waals surface area (Å²) in [4.78, 5) is 4.06. The van der Waals surface area contributed by atoms with Crippen molar-refractivity contribution in [2.24, 2.45) is 0 Å². The minimum Gasteiger partial charge on any atom is -0.444 e. The largest absolute Gasteiger partial charge is 0.444 e. The third-order valence-corrected chi connectivity index (χ3v) is 2.09. The highest BCUT2D eigenvalue weighted by Gasteiger charge is 2.29. The van der Waals surface area contributed by atoms with Crippen molar-refractivity contribution in [3.63, 3.8) is 0 Å². The second-order valence-electron chi connectivity index (χ2n) is 3.10. The van der Waals surface area contributed by atoms with Crippen LogP contribution in [-0.4, -0.2) is 22.7 Å². The van der Waals surface area contributed by atoms with Crippen LogP contribution >= 0.6 is 0 Å². The lowest BCUT2D eigenvalue weighted by Crippen LogP contribution is -2.21. The summed E-state index contributed by atoms with van der Waals surface area (Å²) in [6.07, 6.45) is 2.08. The monoisotopic (exact) mass is 168 g/mol. The zero-order chi connectivity index (χ0) is 8.55. The van der Waals surface area contributed by atoms with Crippen LogP contribution in [0, 0.1) is 6.92 Å². The van der Waals surface area contributed by atoms with E-state index in [1.165, 1.54) is 0 Å². The number of hydrogen-bond acceptors (Lipinski definition) is 4. The van der Waals surface area contributed by atoms with Gasteiger partial charge < -0.3 is 14.8 Å². The molecule has 12 heavy (non-hydrogen) atoms. The van der Waals surface area contributed by atoms with Crippen LogP contribution in [0.4, 0.5) is 0 Å². The first-order chi connectivity index (χ1) is 5.77. The zero-order valence-electron chi connectivity index (χ0n) is 6.95. The normalized spacial score (nSPS) is 29.5. The summed E-state index contributed by atoms with van der Waals surface area (Å²) >= 11 is 0. The van der Waals surface area contributed by atoms with Gasteiger partial charge in [0.05, 0.1) is 12.3 Å². The first kappa shape index (κ1) is 7.76. The minimum atomic E-state index is -0.358. The van der Waals surface area contributed by atoms with Crippen LogP contribution in [0.1, 0.15) is 24.1 Å². The Morgan fingerprint density at radius 1 is 1.75 bits per heavy atom. The molecule has 2 unspecified atom stereocenters. The summed E-state index contributed by atoms with van der Waals surface area (Å²) in [6.45, 7) is 2.67. The Kier molecular flexibility index (Phi) is 1.86. The number of nitrogens with one attached hydrogen (secondary N) is 1. The van der Waals surface area contributed by atoms with Crippen LogP contribution in [0.3, 0.4) is 0 Å². The van der Waals surface area contributed by atoms with Gasteiger partial charge in [0.15, 0.2) is 0 Å². The van der Waals surface area contributed by atoms with Crippen LogP contribution in [0.15, 0.2) is 10.6 Å². The maximum Gasteiger partial charge on any atom is 0.214 e. The van der Waals surface area contributed by atoms with Crippen molar-refractivity contribution in [1.29, 1.82) is 0 Å². The minimum absolute atomic E-state index is 0.112. The Bertz CT molecular complexity index is 272. The summed E-state index contributed by atoms with van der Waals surface area (Å²) in [5, 5.41) is 12.6. The molecule has 1 aliphatic heterocycles. The Morgan fingerprint density at radius 2 is 2.58 bits per heavy atom. The first-order valence-corrected chi connectivity index (χ1v) is 4.11. The number of rotatable bonds is 1. The molecule has 4 heteroatoms. The summed E-state index contributed by atoms with van der Waals surface area (Å²) in [5.74, 6) is 1.38. The van der Waals surface area contributed by atoms with Crippen molar-refractivity contribution >= 4 is 0 Å². The topological polar surface area (TPSA) is 58.3 Å². The molecule has 1 saturated heterocycles. The van der Waals surface area contributed by atoms with E-state index in [2.05, 4.69) is 10.3 Å². The van der Waals surface area contributed by atoms with Crippen molar-refractivity contribution in [2.45, 2.75) is 25.5 Å². The lowest BCUT2D eigenvalue weighted by molar-refractivity contribution is 0.146. The van der Waals surface area contributed by atoms with Crippen molar-refractivity contribution in [3.05, 3.63) is 17.8 Å². The fourth-order valence-corrected chi connectivity index (χ4v) is 1.46. The maximum atomic E-state index is 9.49. The summed E-state index contributed by atoms with van der Waals surface area (Å²) in [5.41, 5.74) is 0. The smallest absolute Gasteiger partial charge is 0.214 e. The van der Waals surface area contributed by atoms with Gasteiger partial charge in [0, 0.05) is 0 Å². The van der Waals surface area contributed by atoms with Crippen molar-refractivity contribution < 1.29 is 9.52 Å². The van der Waals surface area contributed by atoms with Gasteiger partial charge in [-0.05, 0) is 19.9 Å². The van der Waals surface area contributed by atoms with E-state index in [9.17, 15) is 5.11 Å². The van der Waals surface area contributed by atoms with Gasteiger partial charge in [0.1, 0.15) is 11.8 Å². The van der Waals surface area contributed by atoms with E-state index in [-0.39, 0.29) is 12.1 Å². The standard InChI is InChI=1S/C8H12N2O2/c1-5-4-10-8(12-5)7-6(11)2-3-9-7/h4,6-7,9,11H,2-3H2,1H3. The molecule has 1 fully saturated rings. The first-order valence-electron chi connectivity index (χ1n) is 4.11. The molecule has 66 valence electrons. The molecule has 1 aromatic heterocycles. The zero-order valence-corrected chi connectivity index (χ0v) is 6.95. The summed E-state index contributed by atoms with van der Waals surface area (Å²) < 4.78 is 5.30. The van der Waals surface area contributed by atoms with E-state index >= 15 is 0 Å². The van der Waals surface area contributed by atoms with Gasteiger partial charge in [0.2, 0.25) is 5.89 Å². The number of aliphatic hydroxyl groups is 1. The second kappa shape index (κ2) is 2.88.